The molecule has 0 aliphatic carbocycles. The van der Waals surface area contributed by atoms with Crippen molar-refractivity contribution in [2.75, 3.05) is 33.4 Å². The summed E-state index contributed by atoms with van der Waals surface area (Å²) in [6.45, 7) is 6.47. The summed E-state index contributed by atoms with van der Waals surface area (Å²) in [5, 5.41) is 7.43. The molecule has 1 saturated heterocycles. The molecule has 1 aliphatic heterocycles. The van der Waals surface area contributed by atoms with Crippen LogP contribution in [0.25, 0.3) is 5.69 Å². The van der Waals surface area contributed by atoms with Gasteiger partial charge in [0, 0.05) is 12.1 Å². The Balaban J connectivity index is 1.44. The Morgan fingerprint density at radius 1 is 1.06 bits per heavy atom. The average molecular weight is 477 g/mol. The summed E-state index contributed by atoms with van der Waals surface area (Å²) in [7, 11) is 1.66. The van der Waals surface area contributed by atoms with Crippen LogP contribution >= 0.6 is 0 Å². The van der Waals surface area contributed by atoms with Crippen molar-refractivity contribution in [3.05, 3.63) is 77.1 Å². The lowest BCUT2D eigenvalue weighted by atomic mass is 10.0. The van der Waals surface area contributed by atoms with Crippen LogP contribution < -0.4 is 10.1 Å². The number of methoxy groups -OCH3 is 1. The second-order valence-electron chi connectivity index (χ2n) is 8.56. The van der Waals surface area contributed by atoms with E-state index in [2.05, 4.69) is 27.4 Å². The van der Waals surface area contributed by atoms with Crippen LogP contribution in [-0.4, -0.2) is 59.9 Å². The highest BCUT2D eigenvalue weighted by atomic mass is 16.5. The molecule has 1 aromatic heterocycles. The Morgan fingerprint density at radius 3 is 2.37 bits per heavy atom. The van der Waals surface area contributed by atoms with Crippen molar-refractivity contribution in [2.45, 2.75) is 32.7 Å². The van der Waals surface area contributed by atoms with Crippen LogP contribution in [0.5, 0.6) is 5.75 Å². The lowest BCUT2D eigenvalue weighted by molar-refractivity contribution is 0.0525. The van der Waals surface area contributed by atoms with Crippen LogP contribution in [0.4, 0.5) is 0 Å². The first-order valence-corrected chi connectivity index (χ1v) is 12.0. The molecule has 1 N–H and O–H groups in total. The summed E-state index contributed by atoms with van der Waals surface area (Å²) >= 11 is 0. The molecule has 3 aromatic rings. The summed E-state index contributed by atoms with van der Waals surface area (Å²) in [6, 6.07) is 15.4. The molecule has 0 saturated carbocycles. The van der Waals surface area contributed by atoms with Crippen molar-refractivity contribution in [2.24, 2.45) is 0 Å². The van der Waals surface area contributed by atoms with Gasteiger partial charge < -0.3 is 14.8 Å². The number of benzene rings is 2. The van der Waals surface area contributed by atoms with E-state index in [1.165, 1.54) is 19.0 Å². The molecular weight excluding hydrogens is 444 g/mol. The molecule has 1 atom stereocenters. The first-order valence-electron chi connectivity index (χ1n) is 12.0. The molecule has 1 unspecified atom stereocenters. The Bertz CT molecular complexity index is 1150. The zero-order valence-electron chi connectivity index (χ0n) is 20.5. The first-order chi connectivity index (χ1) is 17.0. The van der Waals surface area contributed by atoms with Crippen molar-refractivity contribution < 1.29 is 19.1 Å². The fourth-order valence-electron chi connectivity index (χ4n) is 4.46. The van der Waals surface area contributed by atoms with Gasteiger partial charge in [0.2, 0.25) is 0 Å². The summed E-state index contributed by atoms with van der Waals surface area (Å²) < 4.78 is 12.0. The Hall–Kier alpha value is -3.65. The quantitative estimate of drug-likeness (QED) is 0.471. The van der Waals surface area contributed by atoms with E-state index in [-0.39, 0.29) is 11.9 Å². The Kier molecular flexibility index (Phi) is 7.82. The predicted octanol–water partition coefficient (Wildman–Crippen LogP) is 3.93. The lowest BCUT2D eigenvalue weighted by Crippen LogP contribution is -2.36. The van der Waals surface area contributed by atoms with Crippen molar-refractivity contribution in [1.29, 1.82) is 0 Å². The number of rotatable bonds is 9. The molecule has 1 aliphatic rings. The van der Waals surface area contributed by atoms with Crippen molar-refractivity contribution in [3.63, 3.8) is 0 Å². The molecule has 8 nitrogen and oxygen atoms in total. The normalized spacial score (nSPS) is 14.5. The fourth-order valence-corrected chi connectivity index (χ4v) is 4.46. The second-order valence-corrected chi connectivity index (χ2v) is 8.56. The van der Waals surface area contributed by atoms with Crippen LogP contribution in [0.2, 0.25) is 0 Å². The standard InChI is InChI=1S/C27H32N4O4/c1-4-35-27(33)24-17-29-31(19(24)2)22-11-7-21(8-12-22)26(32)28-18-25(30-15-5-6-16-30)20-9-13-23(34-3)14-10-20/h7-14,17,25H,4-6,15-16,18H2,1-3H3,(H,28,32). The van der Waals surface area contributed by atoms with Crippen molar-refractivity contribution >= 4 is 11.9 Å². The molecule has 35 heavy (non-hydrogen) atoms. The van der Waals surface area contributed by atoms with E-state index < -0.39 is 5.97 Å². The van der Waals surface area contributed by atoms with Crippen LogP contribution in [0.1, 0.15) is 57.8 Å². The van der Waals surface area contributed by atoms with Crippen LogP contribution in [-0.2, 0) is 4.74 Å². The number of nitrogens with zero attached hydrogens (tertiary/aromatic N) is 3. The number of carbonyl (C=O) groups is 2. The van der Waals surface area contributed by atoms with Gasteiger partial charge in [-0.2, -0.15) is 5.10 Å². The van der Waals surface area contributed by atoms with Gasteiger partial charge in [-0.05, 0) is 81.7 Å². The molecule has 0 spiro atoms. The van der Waals surface area contributed by atoms with E-state index in [0.29, 0.717) is 30.0 Å². The molecule has 2 heterocycles. The molecule has 0 bridgehead atoms. The maximum atomic E-state index is 12.9. The minimum Gasteiger partial charge on any atom is -0.497 e. The largest absolute Gasteiger partial charge is 0.497 e. The molecule has 0 radical (unpaired) electrons. The molecule has 8 heteroatoms. The zero-order chi connectivity index (χ0) is 24.8. The maximum Gasteiger partial charge on any atom is 0.341 e. The molecule has 4 rings (SSSR count). The number of hydrogen-bond acceptors (Lipinski definition) is 6. The van der Waals surface area contributed by atoms with Gasteiger partial charge in [0.25, 0.3) is 5.91 Å². The number of amides is 1. The van der Waals surface area contributed by atoms with Gasteiger partial charge in [-0.25, -0.2) is 9.48 Å². The topological polar surface area (TPSA) is 85.7 Å². The number of ether oxygens (including phenoxy) is 2. The predicted molar refractivity (Wildman–Crippen MR) is 133 cm³/mol. The smallest absolute Gasteiger partial charge is 0.341 e. The molecule has 2 aromatic carbocycles. The third-order valence-corrected chi connectivity index (χ3v) is 6.42. The van der Waals surface area contributed by atoms with Crippen LogP contribution in [0.15, 0.2) is 54.7 Å². The summed E-state index contributed by atoms with van der Waals surface area (Å²) in [6.07, 6.45) is 3.85. The minimum atomic E-state index is -0.392. The highest BCUT2D eigenvalue weighted by Crippen LogP contribution is 2.26. The lowest BCUT2D eigenvalue weighted by Gasteiger charge is -2.28. The number of likely N-dealkylation sites (tertiary alicyclic amines) is 1. The second kappa shape index (κ2) is 11.2. The number of nitrogens with one attached hydrogen (secondary N) is 1. The van der Waals surface area contributed by atoms with E-state index in [9.17, 15) is 9.59 Å². The average Bonchev–Trinajstić information content (AvgIpc) is 3.55. The minimum absolute atomic E-state index is 0.111. The third-order valence-electron chi connectivity index (χ3n) is 6.42. The maximum absolute atomic E-state index is 12.9. The van der Waals surface area contributed by atoms with E-state index in [0.717, 1.165) is 30.1 Å². The van der Waals surface area contributed by atoms with Gasteiger partial charge in [-0.1, -0.05) is 12.1 Å². The number of esters is 1. The van der Waals surface area contributed by atoms with Gasteiger partial charge in [-0.3, -0.25) is 9.69 Å². The third kappa shape index (κ3) is 5.54. The van der Waals surface area contributed by atoms with Gasteiger partial charge in [0.05, 0.1) is 37.3 Å². The van der Waals surface area contributed by atoms with Crippen LogP contribution in [0, 0.1) is 6.92 Å². The summed E-state index contributed by atoms with van der Waals surface area (Å²) in [5.74, 6) is 0.301. The van der Waals surface area contributed by atoms with Gasteiger partial charge >= 0.3 is 5.97 Å². The van der Waals surface area contributed by atoms with Crippen molar-refractivity contribution in [1.82, 2.24) is 20.0 Å². The van der Waals surface area contributed by atoms with E-state index >= 15 is 0 Å². The van der Waals surface area contributed by atoms with E-state index in [4.69, 9.17) is 9.47 Å². The van der Waals surface area contributed by atoms with Gasteiger partial charge in [0.1, 0.15) is 11.3 Å². The zero-order valence-corrected chi connectivity index (χ0v) is 20.5. The molecule has 1 fully saturated rings. The first kappa shape index (κ1) is 24.5. The van der Waals surface area contributed by atoms with Gasteiger partial charge in [-0.15, -0.1) is 0 Å². The highest BCUT2D eigenvalue weighted by Gasteiger charge is 2.24. The molecular formula is C27H32N4O4. The monoisotopic (exact) mass is 476 g/mol. The Morgan fingerprint density at radius 2 is 1.74 bits per heavy atom. The fraction of sp³-hybridized carbons (Fsp3) is 0.370. The van der Waals surface area contributed by atoms with Crippen LogP contribution in [0.3, 0.4) is 0 Å². The van der Waals surface area contributed by atoms with E-state index in [1.807, 2.05) is 31.2 Å². The number of carbonyl (C=O) groups excluding carboxylic acids is 2. The summed E-state index contributed by atoms with van der Waals surface area (Å²) in [4.78, 5) is 27.4. The number of aromatic nitrogens is 2. The van der Waals surface area contributed by atoms with Gasteiger partial charge in [0.15, 0.2) is 0 Å². The molecule has 184 valence electrons. The highest BCUT2D eigenvalue weighted by molar-refractivity contribution is 5.94. The van der Waals surface area contributed by atoms with E-state index in [1.54, 1.807) is 30.8 Å². The van der Waals surface area contributed by atoms with Crippen molar-refractivity contribution in [3.8, 4) is 11.4 Å². The number of hydrogen-bond donors (Lipinski definition) is 1. The molecule has 1 amide bonds. The Labute approximate surface area is 205 Å². The SMILES string of the molecule is CCOC(=O)c1cnn(-c2ccc(C(=O)NCC(c3ccc(OC)cc3)N3CCCC3)cc2)c1C. The summed E-state index contributed by atoms with van der Waals surface area (Å²) in [5.41, 5.74) is 3.62.